The van der Waals surface area contributed by atoms with Crippen LogP contribution in [0.3, 0.4) is 0 Å². The summed E-state index contributed by atoms with van der Waals surface area (Å²) in [5, 5.41) is 4.69. The van der Waals surface area contributed by atoms with Crippen LogP contribution < -0.4 is 10.6 Å². The van der Waals surface area contributed by atoms with E-state index >= 15 is 0 Å². The van der Waals surface area contributed by atoms with E-state index in [1.165, 1.54) is 12.8 Å². The Balaban J connectivity index is 1.77. The maximum atomic E-state index is 12.2. The van der Waals surface area contributed by atoms with E-state index in [2.05, 4.69) is 17.6 Å². The molecule has 0 aromatic carbocycles. The molecular weight excluding hydrogens is 258 g/mol. The normalized spacial score (nSPS) is 29.8. The first-order valence-electron chi connectivity index (χ1n) is 7.34. The highest BCUT2D eigenvalue weighted by molar-refractivity contribution is 6.04. The number of imide groups is 1. The zero-order valence-electron chi connectivity index (χ0n) is 12.1. The molecule has 1 saturated heterocycles. The quantitative estimate of drug-likeness (QED) is 0.755. The van der Waals surface area contributed by atoms with Crippen LogP contribution in [0.2, 0.25) is 0 Å². The molecule has 0 aromatic heterocycles. The summed E-state index contributed by atoms with van der Waals surface area (Å²) in [7, 11) is 1.84. The van der Waals surface area contributed by atoms with Gasteiger partial charge in [0.05, 0.1) is 0 Å². The van der Waals surface area contributed by atoms with E-state index < -0.39 is 12.1 Å². The van der Waals surface area contributed by atoms with E-state index in [1.807, 2.05) is 11.9 Å². The first-order valence-corrected chi connectivity index (χ1v) is 7.34. The molecule has 6 nitrogen and oxygen atoms in total. The van der Waals surface area contributed by atoms with Gasteiger partial charge in [-0.25, -0.2) is 4.79 Å². The lowest BCUT2D eigenvalue weighted by atomic mass is 9.86. The van der Waals surface area contributed by atoms with Gasteiger partial charge in [0.2, 0.25) is 5.91 Å². The van der Waals surface area contributed by atoms with Gasteiger partial charge in [-0.1, -0.05) is 6.92 Å². The number of carbonyl (C=O) groups excluding carboxylic acids is 3. The molecule has 2 aliphatic rings. The minimum Gasteiger partial charge on any atom is -0.343 e. The Morgan fingerprint density at radius 3 is 2.45 bits per heavy atom. The summed E-state index contributed by atoms with van der Waals surface area (Å²) in [4.78, 5) is 36.3. The zero-order valence-corrected chi connectivity index (χ0v) is 12.1. The highest BCUT2D eigenvalue weighted by Gasteiger charge is 2.31. The smallest absolute Gasteiger partial charge is 0.322 e. The van der Waals surface area contributed by atoms with E-state index in [-0.39, 0.29) is 11.8 Å². The fraction of sp³-hybridized carbons (Fsp3) is 0.786. The molecule has 0 spiro atoms. The number of rotatable bonds is 4. The van der Waals surface area contributed by atoms with E-state index in [1.54, 1.807) is 0 Å². The van der Waals surface area contributed by atoms with Crippen molar-refractivity contribution in [3.63, 3.8) is 0 Å². The molecule has 1 heterocycles. The predicted molar refractivity (Wildman–Crippen MR) is 73.9 cm³/mol. The van der Waals surface area contributed by atoms with Crippen molar-refractivity contribution < 1.29 is 14.4 Å². The lowest BCUT2D eigenvalue weighted by molar-refractivity contribution is -0.133. The molecule has 1 aliphatic carbocycles. The van der Waals surface area contributed by atoms with Gasteiger partial charge in [-0.3, -0.25) is 14.9 Å². The molecule has 4 amide bonds. The number of hydrogen-bond donors (Lipinski definition) is 2. The topological polar surface area (TPSA) is 78.5 Å². The largest absolute Gasteiger partial charge is 0.343 e. The monoisotopic (exact) mass is 281 g/mol. The fourth-order valence-corrected chi connectivity index (χ4v) is 2.94. The molecule has 20 heavy (non-hydrogen) atoms. The number of hydrogen-bond acceptors (Lipinski definition) is 3. The van der Waals surface area contributed by atoms with Crippen LogP contribution in [0.25, 0.3) is 0 Å². The second-order valence-electron chi connectivity index (χ2n) is 5.97. The molecule has 2 N–H and O–H groups in total. The number of urea groups is 1. The number of nitrogens with zero attached hydrogens (tertiary/aromatic N) is 1. The van der Waals surface area contributed by atoms with Crippen LogP contribution in [0, 0.1) is 5.92 Å². The van der Waals surface area contributed by atoms with Gasteiger partial charge in [-0.2, -0.15) is 0 Å². The Morgan fingerprint density at radius 1 is 1.25 bits per heavy atom. The molecule has 0 unspecified atom stereocenters. The number of nitrogens with one attached hydrogen (secondary N) is 2. The molecule has 2 fully saturated rings. The predicted octanol–water partition coefficient (Wildman–Crippen LogP) is 1.01. The summed E-state index contributed by atoms with van der Waals surface area (Å²) < 4.78 is 0. The molecule has 1 atom stereocenters. The molecule has 2 rings (SSSR count). The SMILES string of the molecule is CC1CCC(N(C)C(=O)CC[C@@H]2NC(=O)NC2=O)CC1. The van der Waals surface area contributed by atoms with Gasteiger partial charge in [0.25, 0.3) is 5.91 Å². The summed E-state index contributed by atoms with van der Waals surface area (Å²) in [5.41, 5.74) is 0. The highest BCUT2D eigenvalue weighted by atomic mass is 16.2. The maximum absolute atomic E-state index is 12.2. The van der Waals surface area contributed by atoms with Crippen molar-refractivity contribution in [2.45, 2.75) is 57.5 Å². The van der Waals surface area contributed by atoms with Crippen LogP contribution in [0.1, 0.15) is 45.4 Å². The Labute approximate surface area is 119 Å². The van der Waals surface area contributed by atoms with Gasteiger partial charge in [-0.15, -0.1) is 0 Å². The first-order chi connectivity index (χ1) is 9.47. The summed E-state index contributed by atoms with van der Waals surface area (Å²) in [6.45, 7) is 2.25. The second kappa shape index (κ2) is 6.24. The third-order valence-corrected chi connectivity index (χ3v) is 4.43. The lowest BCUT2D eigenvalue weighted by Gasteiger charge is -2.33. The molecular formula is C14H23N3O3. The molecule has 112 valence electrons. The van der Waals surface area contributed by atoms with E-state index in [0.717, 1.165) is 18.8 Å². The van der Waals surface area contributed by atoms with Gasteiger partial charge in [0.1, 0.15) is 6.04 Å². The Bertz CT molecular complexity index is 402. The number of carbonyl (C=O) groups is 3. The average molecular weight is 281 g/mol. The minimum absolute atomic E-state index is 0.0542. The highest BCUT2D eigenvalue weighted by Crippen LogP contribution is 2.26. The van der Waals surface area contributed by atoms with Gasteiger partial charge < -0.3 is 10.2 Å². The molecule has 0 radical (unpaired) electrons. The summed E-state index contributed by atoms with van der Waals surface area (Å²) >= 11 is 0. The zero-order chi connectivity index (χ0) is 14.7. The van der Waals surface area contributed by atoms with Crippen molar-refractivity contribution in [3.05, 3.63) is 0 Å². The van der Waals surface area contributed by atoms with Gasteiger partial charge in [0.15, 0.2) is 0 Å². The van der Waals surface area contributed by atoms with Crippen molar-refractivity contribution >= 4 is 17.8 Å². The summed E-state index contributed by atoms with van der Waals surface area (Å²) in [6, 6.07) is -0.709. The van der Waals surface area contributed by atoms with Crippen LogP contribution in [-0.2, 0) is 9.59 Å². The molecule has 0 aromatic rings. The average Bonchev–Trinajstić information content (AvgIpc) is 2.74. The maximum Gasteiger partial charge on any atom is 0.322 e. The van der Waals surface area contributed by atoms with E-state index in [9.17, 15) is 14.4 Å². The van der Waals surface area contributed by atoms with Crippen molar-refractivity contribution in [1.29, 1.82) is 0 Å². The third kappa shape index (κ3) is 3.49. The second-order valence-corrected chi connectivity index (χ2v) is 5.97. The lowest BCUT2D eigenvalue weighted by Crippen LogP contribution is -2.40. The van der Waals surface area contributed by atoms with Crippen molar-refractivity contribution in [3.8, 4) is 0 Å². The van der Waals surface area contributed by atoms with Crippen molar-refractivity contribution in [2.75, 3.05) is 7.05 Å². The Morgan fingerprint density at radius 2 is 1.90 bits per heavy atom. The van der Waals surface area contributed by atoms with Gasteiger partial charge in [0, 0.05) is 19.5 Å². The van der Waals surface area contributed by atoms with E-state index in [4.69, 9.17) is 0 Å². The summed E-state index contributed by atoms with van der Waals surface area (Å²) in [5.74, 6) is 0.475. The Hall–Kier alpha value is -1.59. The van der Waals surface area contributed by atoms with Crippen LogP contribution >= 0.6 is 0 Å². The molecule has 1 aliphatic heterocycles. The van der Waals surface area contributed by atoms with Crippen molar-refractivity contribution in [2.24, 2.45) is 5.92 Å². The minimum atomic E-state index is -0.564. The van der Waals surface area contributed by atoms with Crippen LogP contribution in [0.15, 0.2) is 0 Å². The van der Waals surface area contributed by atoms with Crippen LogP contribution in [0.5, 0.6) is 0 Å². The fourth-order valence-electron chi connectivity index (χ4n) is 2.94. The van der Waals surface area contributed by atoms with Gasteiger partial charge >= 0.3 is 6.03 Å². The summed E-state index contributed by atoms with van der Waals surface area (Å²) in [6.07, 6.45) is 5.12. The molecule has 6 heteroatoms. The first kappa shape index (κ1) is 14.8. The standard InChI is InChI=1S/C14H23N3O3/c1-9-3-5-10(6-4-9)17(2)12(18)8-7-11-13(19)16-14(20)15-11/h9-11H,3-8H2,1-2H3,(H2,15,16,19,20)/t9?,10?,11-/m0/s1. The van der Waals surface area contributed by atoms with Crippen LogP contribution in [-0.4, -0.2) is 41.9 Å². The van der Waals surface area contributed by atoms with E-state index in [0.29, 0.717) is 18.9 Å². The third-order valence-electron chi connectivity index (χ3n) is 4.43. The molecule has 0 bridgehead atoms. The van der Waals surface area contributed by atoms with Crippen molar-refractivity contribution in [1.82, 2.24) is 15.5 Å². The number of amides is 4. The molecule has 1 saturated carbocycles. The Kier molecular flexibility index (Phi) is 4.62. The van der Waals surface area contributed by atoms with Gasteiger partial charge in [-0.05, 0) is 38.0 Å². The van der Waals surface area contributed by atoms with Crippen LogP contribution in [0.4, 0.5) is 4.79 Å².